The van der Waals surface area contributed by atoms with Crippen molar-refractivity contribution in [1.29, 1.82) is 0 Å². The molecule has 0 aromatic heterocycles. The Kier molecular flexibility index (Phi) is 30.1. The van der Waals surface area contributed by atoms with Crippen molar-refractivity contribution < 1.29 is 168 Å². The van der Waals surface area contributed by atoms with Crippen LogP contribution in [0.25, 0.3) is 0 Å². The van der Waals surface area contributed by atoms with E-state index in [-0.39, 0.29) is 115 Å². The number of hydrogen-bond donors (Lipinski definition) is 6. The number of rotatable bonds is 34. The lowest BCUT2D eigenvalue weighted by Gasteiger charge is -2.62. The largest absolute Gasteiger partial charge is 0.691 e. The Balaban J connectivity index is 0.000000241. The first-order valence-corrected chi connectivity index (χ1v) is 36.7. The third-order valence-corrected chi connectivity index (χ3v) is 25.0. The van der Waals surface area contributed by atoms with Crippen LogP contribution >= 0.6 is 37.0 Å². The second-order valence-corrected chi connectivity index (χ2v) is 31.6. The van der Waals surface area contributed by atoms with E-state index in [0.717, 1.165) is 56.1 Å². The van der Waals surface area contributed by atoms with E-state index in [1.807, 2.05) is 13.8 Å². The first-order chi connectivity index (χ1) is 49.0. The Morgan fingerprint density at radius 2 is 1.02 bits per heavy atom. The van der Waals surface area contributed by atoms with Crippen LogP contribution in [0.15, 0.2) is 24.3 Å². The fourth-order valence-corrected chi connectivity index (χ4v) is 20.9. The van der Waals surface area contributed by atoms with Gasteiger partial charge in [-0.05, 0) is 164 Å². The summed E-state index contributed by atoms with van der Waals surface area (Å²) in [5, 5.41) is 114. The molecule has 16 unspecified atom stereocenters. The van der Waals surface area contributed by atoms with Crippen molar-refractivity contribution in [3.05, 3.63) is 24.3 Å². The van der Waals surface area contributed by atoms with E-state index in [0.29, 0.717) is 32.1 Å². The molecule has 10 rings (SSSR count). The number of ether oxygens (including phenoxy) is 7. The van der Waals surface area contributed by atoms with Crippen molar-refractivity contribution >= 4 is 85.7 Å². The van der Waals surface area contributed by atoms with Gasteiger partial charge >= 0.3 is 35.8 Å². The molecule has 8 aliphatic carbocycles. The first-order valence-electron chi connectivity index (χ1n) is 34.4. The molecule has 6 N–H and O–H groups in total. The molecule has 10 fully saturated rings. The van der Waals surface area contributed by atoms with Crippen LogP contribution < -0.4 is 15.8 Å². The summed E-state index contributed by atoms with van der Waals surface area (Å²) < 4.78 is 76.2. The Labute approximate surface area is 612 Å². The molecule has 39 heteroatoms. The highest BCUT2D eigenvalue weighted by Gasteiger charge is 2.69. The van der Waals surface area contributed by atoms with Gasteiger partial charge < -0.3 is 96.8 Å². The molecule has 0 aromatic carbocycles. The monoisotopic (exact) mass is 1550 g/mol. The lowest BCUT2D eigenvalue weighted by Crippen LogP contribution is -2.63. The molecule has 2 aliphatic heterocycles. The normalized spacial score (nSPS) is 40.1. The first kappa shape index (κ1) is 83.8. The van der Waals surface area contributed by atoms with Crippen LogP contribution in [0.1, 0.15) is 157 Å². The minimum atomic E-state index is -1.55. The van der Waals surface area contributed by atoms with Crippen molar-refractivity contribution in [1.82, 2.24) is 0 Å². The summed E-state index contributed by atoms with van der Waals surface area (Å²) in [5.74, 6) is -7.25. The van der Waals surface area contributed by atoms with Gasteiger partial charge in [-0.15, -0.1) is 13.0 Å². The van der Waals surface area contributed by atoms with Gasteiger partial charge in [-0.3, -0.25) is 56.4 Å². The standard InChI is InChI=1S/C34H50O19S2.C30H46O16S2/c1-16(2)11-26(38)47-29-28(49-55-53-51-43)27(48-54-52-50-42)22(15-44-25(37)8-7-24(35)36)46-32(29)45-19-12-20(31(40)41)21-9-10-34-13-18(17(3)30(34)39)5-6-23(34)33(21,4)14-19;1-14(2)9-22(32)39-25-24(41-48-46-42-36)23(40-43-44-45-47)20(13-31)38-28(25)37-17-10-18(27(34)35)19-7-8-30-11-16(15(3)26(30)33)5-6-21(30)29(19,4)12-17/h16,18-23,27-30,32,39,42-43H,3,5-15H2,1-2,4H3,(H,35,36)(H,40,41);14,16-21,23-26,28,31,33,36,47H,3,5-13H2,1-2,4H3,(H,34,35)/p-4/t18?,19?,20?,21?,22-,23?,27+,28-,29?,30-,32+,33?,34?;16?,17?,18?,19?,20-,21?,23+,24-,25?,26-,28+,29?,30?/m00/s1. The number of carboxylic acids is 3. The summed E-state index contributed by atoms with van der Waals surface area (Å²) >= 11 is 4.34. The summed E-state index contributed by atoms with van der Waals surface area (Å²) in [7, 11) is 0. The SMILES string of the molecule is C=C1C2CCC3C4(C)CC(O[C@@H]5O[C@@H](CO)[C@@H](OOOO[S-])[C@H](OSOO[O-])C5OC(=O)CC(C)C)CC(C(=O)O)C4CCC3(C2)[C@H]1O.C=C1C2CCC3C4(C)CC(O[C@@H]5O[C@@H](COC(=O)CCC(=O)O)[C@@H](OSOO[O-])[C@H](OSOO[O-])C5OC(=O)CC(C)C)CC(C(=O)O)C4CCC3(C2)[C@H]1O. The molecule has 103 heavy (non-hydrogen) atoms. The number of fused-ring (bicyclic) bond motifs is 6. The molecule has 0 amide bonds. The molecule has 2 heterocycles. The van der Waals surface area contributed by atoms with Crippen LogP contribution in [0.5, 0.6) is 0 Å². The second-order valence-electron chi connectivity index (χ2n) is 30.1. The van der Waals surface area contributed by atoms with Gasteiger partial charge in [-0.1, -0.05) is 59.7 Å². The highest BCUT2D eigenvalue weighted by Crippen LogP contribution is 2.73. The van der Waals surface area contributed by atoms with E-state index >= 15 is 0 Å². The van der Waals surface area contributed by atoms with Crippen LogP contribution in [-0.4, -0.2) is 165 Å². The second kappa shape index (κ2) is 37.0. The smallest absolute Gasteiger partial charge is 0.306 e. The quantitative estimate of drug-likeness (QED) is 0.00606. The van der Waals surface area contributed by atoms with Gasteiger partial charge in [-0.2, -0.15) is 4.89 Å². The molecule has 10 aliphatic rings. The highest BCUT2D eigenvalue weighted by atomic mass is 32.2. The zero-order valence-corrected chi connectivity index (χ0v) is 60.8. The predicted molar refractivity (Wildman–Crippen MR) is 339 cm³/mol. The van der Waals surface area contributed by atoms with E-state index in [9.17, 15) is 70.1 Å². The van der Waals surface area contributed by atoms with Crippen molar-refractivity contribution in [2.45, 2.75) is 243 Å². The number of esters is 3. The van der Waals surface area contributed by atoms with Gasteiger partial charge in [0.25, 0.3) is 0 Å². The third-order valence-electron chi connectivity index (χ3n) is 23.7. The Bertz CT molecular complexity index is 2900. The molecule has 35 nitrogen and oxygen atoms in total. The van der Waals surface area contributed by atoms with E-state index in [4.69, 9.17) is 55.7 Å². The van der Waals surface area contributed by atoms with Gasteiger partial charge in [0, 0.05) is 23.7 Å². The predicted octanol–water partition coefficient (Wildman–Crippen LogP) is 4.16. The van der Waals surface area contributed by atoms with Crippen molar-refractivity contribution in [3.63, 3.8) is 0 Å². The maximum absolute atomic E-state index is 13.2. The minimum Gasteiger partial charge on any atom is -0.691 e. The lowest BCUT2D eigenvalue weighted by atomic mass is 9.43. The maximum atomic E-state index is 13.2. The fourth-order valence-electron chi connectivity index (χ4n) is 19.8. The van der Waals surface area contributed by atoms with E-state index in [2.05, 4.69) is 82.4 Å². The topological polar surface area (TPSA) is 478 Å². The average molecular weight is 1550 g/mol. The van der Waals surface area contributed by atoms with Gasteiger partial charge in [0.15, 0.2) is 67.9 Å². The van der Waals surface area contributed by atoms with E-state index in [1.165, 1.54) is 0 Å². The molecule has 26 atom stereocenters. The van der Waals surface area contributed by atoms with Crippen molar-refractivity contribution in [3.8, 4) is 0 Å². The van der Waals surface area contributed by atoms with Crippen LogP contribution in [0.2, 0.25) is 0 Å². The number of carbonyl (C=O) groups is 6. The van der Waals surface area contributed by atoms with E-state index in [1.54, 1.807) is 13.8 Å². The van der Waals surface area contributed by atoms with Crippen molar-refractivity contribution in [2.75, 3.05) is 13.2 Å². The molecule has 0 radical (unpaired) electrons. The highest BCUT2D eigenvalue weighted by molar-refractivity contribution is 7.90. The summed E-state index contributed by atoms with van der Waals surface area (Å²) in [6.07, 6.45) is -9.77. The number of aliphatic hydroxyl groups is 3. The number of hydrogen-bond acceptors (Lipinski definition) is 36. The summed E-state index contributed by atoms with van der Waals surface area (Å²) in [6.45, 7) is 18.5. The third kappa shape index (κ3) is 18.6. The molecule has 2 saturated heterocycles. The number of carboxylic acid groups (broad SMARTS) is 3. The molecule has 8 saturated carbocycles. The summed E-state index contributed by atoms with van der Waals surface area (Å²) in [6, 6.07) is 0. The van der Waals surface area contributed by atoms with E-state index < -0.39 is 176 Å². The maximum Gasteiger partial charge on any atom is 0.306 e. The number of carbonyl (C=O) groups excluding carboxylic acids is 3. The van der Waals surface area contributed by atoms with Gasteiger partial charge in [0.1, 0.15) is 37.1 Å². The Hall–Kier alpha value is -3.22. The van der Waals surface area contributed by atoms with Gasteiger partial charge in [-0.25, -0.2) is 0 Å². The molecule has 586 valence electrons. The lowest BCUT2D eigenvalue weighted by molar-refractivity contribution is -0.778. The fraction of sp³-hybridized carbons (Fsp3) is 0.844. The average Bonchev–Trinajstić information content (AvgIpc) is 1.60. The summed E-state index contributed by atoms with van der Waals surface area (Å²) in [4.78, 5) is 80.7. The van der Waals surface area contributed by atoms with Crippen LogP contribution in [-0.2, 0) is 135 Å². The van der Waals surface area contributed by atoms with Crippen LogP contribution in [0.4, 0.5) is 0 Å². The Morgan fingerprint density at radius 3 is 1.43 bits per heavy atom. The van der Waals surface area contributed by atoms with Crippen molar-refractivity contribution in [2.24, 2.45) is 80.8 Å². The molecule has 0 aromatic rings. The molecule has 4 bridgehead atoms. The van der Waals surface area contributed by atoms with Crippen LogP contribution in [0, 0.1) is 80.8 Å². The van der Waals surface area contributed by atoms with Crippen LogP contribution in [0.3, 0.4) is 0 Å². The van der Waals surface area contributed by atoms with Gasteiger partial charge in [0.2, 0.25) is 0 Å². The zero-order chi connectivity index (χ0) is 74.9. The molecular formula is C64H92O35S4-4. The molecular weight excluding hydrogens is 1460 g/mol. The number of aliphatic carboxylic acids is 3. The minimum absolute atomic E-state index is 0.00422. The summed E-state index contributed by atoms with van der Waals surface area (Å²) in [5.41, 5.74) is -0.259. The zero-order valence-electron chi connectivity index (χ0n) is 57.6. The molecule has 2 spiro atoms. The Morgan fingerprint density at radius 1 is 0.583 bits per heavy atom. The number of aliphatic hydroxyl groups excluding tert-OH is 3. The van der Waals surface area contributed by atoms with Gasteiger partial charge in [0.05, 0.1) is 55.7 Å².